The summed E-state index contributed by atoms with van der Waals surface area (Å²) in [6.45, 7) is 11.6. The summed E-state index contributed by atoms with van der Waals surface area (Å²) in [5.74, 6) is 1.44. The van der Waals surface area contributed by atoms with Crippen LogP contribution in [0, 0.1) is 20.8 Å². The summed E-state index contributed by atoms with van der Waals surface area (Å²) < 4.78 is 12.5. The fourth-order valence-corrected chi connectivity index (χ4v) is 3.77. The Balaban J connectivity index is 0.000000344. The number of carbonyl (C=O) groups excluding carboxylic acids is 1. The number of rotatable bonds is 8. The van der Waals surface area contributed by atoms with E-state index in [1.165, 1.54) is 0 Å². The van der Waals surface area contributed by atoms with E-state index in [0.717, 1.165) is 54.8 Å². The zero-order chi connectivity index (χ0) is 23.8. The molecule has 2 heterocycles. The summed E-state index contributed by atoms with van der Waals surface area (Å²) in [5.41, 5.74) is 3.09. The molecule has 3 rings (SSSR count). The van der Waals surface area contributed by atoms with Crippen molar-refractivity contribution in [1.82, 2.24) is 19.7 Å². The van der Waals surface area contributed by atoms with Gasteiger partial charge in [0.25, 0.3) is 0 Å². The lowest BCUT2D eigenvalue weighted by Crippen LogP contribution is -2.23. The molecule has 0 saturated heterocycles. The van der Waals surface area contributed by atoms with Crippen LogP contribution in [0.5, 0.6) is 17.4 Å². The molecular formula is C24H34N4O4. The van der Waals surface area contributed by atoms with Gasteiger partial charge in [0.05, 0.1) is 36.7 Å². The predicted molar refractivity (Wildman–Crippen MR) is 126 cm³/mol. The van der Waals surface area contributed by atoms with Crippen molar-refractivity contribution >= 4 is 17.2 Å². The van der Waals surface area contributed by atoms with Crippen LogP contribution in [0.25, 0.3) is 16.5 Å². The Morgan fingerprint density at radius 2 is 1.59 bits per heavy atom. The third-order valence-corrected chi connectivity index (χ3v) is 5.25. The van der Waals surface area contributed by atoms with Crippen molar-refractivity contribution in [2.45, 2.75) is 47.5 Å². The van der Waals surface area contributed by atoms with Crippen molar-refractivity contribution < 1.29 is 19.4 Å². The molecule has 2 aromatic heterocycles. The summed E-state index contributed by atoms with van der Waals surface area (Å²) in [6.07, 6.45) is 3.03. The summed E-state index contributed by atoms with van der Waals surface area (Å²) >= 11 is 0. The van der Waals surface area contributed by atoms with Crippen LogP contribution in [0.4, 0.5) is 0 Å². The Labute approximate surface area is 189 Å². The Kier molecular flexibility index (Phi) is 8.87. The number of nitrogens with zero attached hydrogens (tertiary/aromatic N) is 4. The summed E-state index contributed by atoms with van der Waals surface area (Å²) in [6, 6.07) is 5.47. The first-order valence-corrected chi connectivity index (χ1v) is 10.8. The van der Waals surface area contributed by atoms with Gasteiger partial charge in [-0.2, -0.15) is 10.2 Å². The molecule has 174 valence electrons. The number of carbonyl (C=O) groups is 1. The zero-order valence-electron chi connectivity index (χ0n) is 20.1. The van der Waals surface area contributed by atoms with Gasteiger partial charge in [0.1, 0.15) is 11.5 Å². The predicted octanol–water partition coefficient (Wildman–Crippen LogP) is 4.33. The van der Waals surface area contributed by atoms with Gasteiger partial charge in [0, 0.05) is 30.2 Å². The molecule has 0 aliphatic rings. The van der Waals surface area contributed by atoms with Gasteiger partial charge in [-0.25, -0.2) is 0 Å². The number of aryl methyl sites for hydroxylation is 3. The van der Waals surface area contributed by atoms with Gasteiger partial charge in [0.15, 0.2) is 0 Å². The van der Waals surface area contributed by atoms with Crippen molar-refractivity contribution in [2.24, 2.45) is 0 Å². The normalized spacial score (nSPS) is 10.5. The Morgan fingerprint density at radius 3 is 2.06 bits per heavy atom. The molecule has 8 nitrogen and oxygen atoms in total. The van der Waals surface area contributed by atoms with Gasteiger partial charge in [0.2, 0.25) is 12.3 Å². The monoisotopic (exact) mass is 442 g/mol. The van der Waals surface area contributed by atoms with Crippen LogP contribution in [-0.2, 0) is 4.79 Å². The van der Waals surface area contributed by atoms with Crippen LogP contribution < -0.4 is 9.47 Å². The number of fused-ring (bicyclic) bond motifs is 1. The number of amides is 1. The molecule has 0 radical (unpaired) electrons. The van der Waals surface area contributed by atoms with Gasteiger partial charge in [-0.1, -0.05) is 13.8 Å². The average Bonchev–Trinajstić information content (AvgIpc) is 3.07. The van der Waals surface area contributed by atoms with Crippen LogP contribution in [0.15, 0.2) is 18.2 Å². The standard InChI is InChI=1S/C17H19N3O3.C7H15NO/c1-9-15-11(3)20(17(21)16(15)10(2)19-18-9)13-7-6-12(22-4)8-14(13)23-5;1-3-5-8(7-9)6-4-2/h6-8,21H,1-5H3;7H,3-6H2,1-2H3. The summed E-state index contributed by atoms with van der Waals surface area (Å²) in [4.78, 5) is 12.0. The molecular weight excluding hydrogens is 408 g/mol. The zero-order valence-corrected chi connectivity index (χ0v) is 20.1. The minimum atomic E-state index is 0.136. The highest BCUT2D eigenvalue weighted by molar-refractivity contribution is 5.95. The Bertz CT molecular complexity index is 1010. The molecule has 0 saturated carbocycles. The van der Waals surface area contributed by atoms with Gasteiger partial charge in [-0.15, -0.1) is 0 Å². The average molecular weight is 443 g/mol. The van der Waals surface area contributed by atoms with Crippen molar-refractivity contribution in [3.63, 3.8) is 0 Å². The largest absolute Gasteiger partial charge is 0.497 e. The van der Waals surface area contributed by atoms with E-state index in [0.29, 0.717) is 22.6 Å². The fraction of sp³-hybridized carbons (Fsp3) is 0.458. The van der Waals surface area contributed by atoms with E-state index < -0.39 is 0 Å². The van der Waals surface area contributed by atoms with E-state index in [2.05, 4.69) is 24.0 Å². The molecule has 0 atom stereocenters. The van der Waals surface area contributed by atoms with Crippen LogP contribution >= 0.6 is 0 Å². The highest BCUT2D eigenvalue weighted by atomic mass is 16.5. The molecule has 1 aromatic carbocycles. The highest BCUT2D eigenvalue weighted by Crippen LogP contribution is 2.39. The van der Waals surface area contributed by atoms with Crippen LogP contribution in [-0.4, -0.2) is 58.5 Å². The number of aromatic hydroxyl groups is 1. The first-order valence-electron chi connectivity index (χ1n) is 10.8. The van der Waals surface area contributed by atoms with E-state index in [-0.39, 0.29) is 5.88 Å². The SMILES string of the molecule is CCCN(C=O)CCC.COc1ccc(-n2c(C)c3c(C)nnc(C)c3c2O)c(OC)c1. The molecule has 1 N–H and O–H groups in total. The number of ether oxygens (including phenoxy) is 2. The van der Waals surface area contributed by atoms with E-state index in [1.807, 2.05) is 32.9 Å². The Morgan fingerprint density at radius 1 is 1.00 bits per heavy atom. The number of aromatic nitrogens is 3. The van der Waals surface area contributed by atoms with E-state index in [1.54, 1.807) is 29.8 Å². The fourth-order valence-electron chi connectivity index (χ4n) is 3.77. The van der Waals surface area contributed by atoms with Crippen molar-refractivity contribution in [3.8, 4) is 23.1 Å². The number of benzene rings is 1. The third-order valence-electron chi connectivity index (χ3n) is 5.25. The first-order chi connectivity index (χ1) is 15.3. The maximum atomic E-state index is 10.8. The highest BCUT2D eigenvalue weighted by Gasteiger charge is 2.21. The van der Waals surface area contributed by atoms with Crippen molar-refractivity contribution in [1.29, 1.82) is 0 Å². The molecule has 0 fully saturated rings. The van der Waals surface area contributed by atoms with Gasteiger partial charge in [-0.05, 0) is 45.7 Å². The molecule has 0 aliphatic carbocycles. The van der Waals surface area contributed by atoms with E-state index in [4.69, 9.17) is 9.47 Å². The van der Waals surface area contributed by atoms with Gasteiger partial charge in [-0.3, -0.25) is 9.36 Å². The molecule has 8 heteroatoms. The van der Waals surface area contributed by atoms with E-state index in [9.17, 15) is 9.90 Å². The molecule has 32 heavy (non-hydrogen) atoms. The summed E-state index contributed by atoms with van der Waals surface area (Å²) in [7, 11) is 3.19. The molecule has 0 spiro atoms. The number of hydrogen-bond acceptors (Lipinski definition) is 6. The van der Waals surface area contributed by atoms with Crippen LogP contribution in [0.3, 0.4) is 0 Å². The molecule has 3 aromatic rings. The number of methoxy groups -OCH3 is 2. The lowest BCUT2D eigenvalue weighted by atomic mass is 10.1. The minimum Gasteiger partial charge on any atom is -0.497 e. The quantitative estimate of drug-likeness (QED) is 0.522. The summed E-state index contributed by atoms with van der Waals surface area (Å²) in [5, 5.41) is 20.7. The van der Waals surface area contributed by atoms with Crippen molar-refractivity contribution in [2.75, 3.05) is 27.3 Å². The second kappa shape index (κ2) is 11.4. The lowest BCUT2D eigenvalue weighted by molar-refractivity contribution is -0.118. The first kappa shape index (κ1) is 25.0. The topological polar surface area (TPSA) is 89.7 Å². The maximum absolute atomic E-state index is 10.8. The molecule has 0 aliphatic heterocycles. The second-order valence-electron chi connectivity index (χ2n) is 7.54. The smallest absolute Gasteiger partial charge is 0.209 e. The van der Waals surface area contributed by atoms with Crippen LogP contribution in [0.2, 0.25) is 0 Å². The van der Waals surface area contributed by atoms with Gasteiger partial charge < -0.3 is 19.5 Å². The molecule has 1 amide bonds. The second-order valence-corrected chi connectivity index (χ2v) is 7.54. The minimum absolute atomic E-state index is 0.136. The van der Waals surface area contributed by atoms with Crippen molar-refractivity contribution in [3.05, 3.63) is 35.3 Å². The van der Waals surface area contributed by atoms with Crippen LogP contribution in [0.1, 0.15) is 43.8 Å². The molecule has 0 bridgehead atoms. The third kappa shape index (κ3) is 5.12. The maximum Gasteiger partial charge on any atom is 0.209 e. The Hall–Kier alpha value is -3.29. The lowest BCUT2D eigenvalue weighted by Gasteiger charge is -2.14. The molecule has 0 unspecified atom stereocenters. The number of hydrogen-bond donors (Lipinski definition) is 1. The van der Waals surface area contributed by atoms with E-state index >= 15 is 0 Å². The van der Waals surface area contributed by atoms with Gasteiger partial charge >= 0.3 is 0 Å².